The molecule has 160 valence electrons. The molecule has 0 aliphatic heterocycles. The lowest BCUT2D eigenvalue weighted by molar-refractivity contribution is -0.116. The molecule has 0 atom stereocenters. The highest BCUT2D eigenvalue weighted by atomic mass is 16.5. The standard InChI is InChI=1S/C26H28N2O3/c1-3-28(19-25(29)27-22-13-9-14-23(18-22)31-2)26(30)24-15-8-7-12-21(24)17-16-20-10-5-4-6-11-20/h4-15,18H,3,16-17,19H2,1-2H3,(H,27,29). The summed E-state index contributed by atoms with van der Waals surface area (Å²) < 4.78 is 5.19. The van der Waals surface area contributed by atoms with Crippen molar-refractivity contribution in [3.05, 3.63) is 95.6 Å². The van der Waals surface area contributed by atoms with E-state index in [-0.39, 0.29) is 18.4 Å². The van der Waals surface area contributed by atoms with Gasteiger partial charge in [0, 0.05) is 23.9 Å². The van der Waals surface area contributed by atoms with E-state index in [1.54, 1.807) is 30.2 Å². The summed E-state index contributed by atoms with van der Waals surface area (Å²) in [6.07, 6.45) is 1.62. The van der Waals surface area contributed by atoms with Crippen molar-refractivity contribution < 1.29 is 14.3 Å². The van der Waals surface area contributed by atoms with Gasteiger partial charge >= 0.3 is 0 Å². The largest absolute Gasteiger partial charge is 0.497 e. The monoisotopic (exact) mass is 416 g/mol. The van der Waals surface area contributed by atoms with Gasteiger partial charge in [0.05, 0.1) is 7.11 Å². The Morgan fingerprint density at radius 1 is 0.903 bits per heavy atom. The first-order chi connectivity index (χ1) is 15.1. The highest BCUT2D eigenvalue weighted by Crippen LogP contribution is 2.18. The molecule has 3 aromatic rings. The Kier molecular flexibility index (Phi) is 7.82. The first-order valence-corrected chi connectivity index (χ1v) is 10.5. The average Bonchev–Trinajstić information content (AvgIpc) is 2.81. The normalized spacial score (nSPS) is 10.4. The minimum absolute atomic E-state index is 0.0143. The quantitative estimate of drug-likeness (QED) is 0.555. The number of carbonyl (C=O) groups excluding carboxylic acids is 2. The van der Waals surface area contributed by atoms with Gasteiger partial charge in [-0.3, -0.25) is 9.59 Å². The van der Waals surface area contributed by atoms with E-state index in [1.165, 1.54) is 5.56 Å². The molecule has 1 N–H and O–H groups in total. The summed E-state index contributed by atoms with van der Waals surface area (Å²) in [6.45, 7) is 2.31. The summed E-state index contributed by atoms with van der Waals surface area (Å²) >= 11 is 0. The van der Waals surface area contributed by atoms with Gasteiger partial charge in [-0.1, -0.05) is 54.6 Å². The lowest BCUT2D eigenvalue weighted by Gasteiger charge is -2.22. The van der Waals surface area contributed by atoms with Gasteiger partial charge in [-0.2, -0.15) is 0 Å². The number of aryl methyl sites for hydroxylation is 2. The molecule has 0 saturated carbocycles. The number of nitrogens with one attached hydrogen (secondary N) is 1. The van der Waals surface area contributed by atoms with Crippen molar-refractivity contribution in [3.63, 3.8) is 0 Å². The van der Waals surface area contributed by atoms with Gasteiger partial charge in [0.15, 0.2) is 0 Å². The number of likely N-dealkylation sites (N-methyl/N-ethyl adjacent to an activating group) is 1. The second kappa shape index (κ2) is 11.0. The second-order valence-corrected chi connectivity index (χ2v) is 7.24. The second-order valence-electron chi connectivity index (χ2n) is 7.24. The Hall–Kier alpha value is -3.60. The maximum Gasteiger partial charge on any atom is 0.254 e. The van der Waals surface area contributed by atoms with E-state index in [0.717, 1.165) is 18.4 Å². The Bertz CT molecular complexity index is 1020. The number of ether oxygens (including phenoxy) is 1. The number of nitrogens with zero attached hydrogens (tertiary/aromatic N) is 1. The number of amides is 2. The van der Waals surface area contributed by atoms with Crippen molar-refractivity contribution in [1.29, 1.82) is 0 Å². The lowest BCUT2D eigenvalue weighted by atomic mass is 9.99. The maximum absolute atomic E-state index is 13.2. The molecule has 0 fully saturated rings. The third-order valence-corrected chi connectivity index (χ3v) is 5.13. The summed E-state index contributed by atoms with van der Waals surface area (Å²) in [7, 11) is 1.58. The molecule has 3 aromatic carbocycles. The minimum atomic E-state index is -0.245. The number of carbonyl (C=O) groups is 2. The first kappa shape index (κ1) is 22.1. The average molecular weight is 417 g/mol. The smallest absolute Gasteiger partial charge is 0.254 e. The van der Waals surface area contributed by atoms with Crippen LogP contribution in [0.25, 0.3) is 0 Å². The topological polar surface area (TPSA) is 58.6 Å². The van der Waals surface area contributed by atoms with Gasteiger partial charge in [-0.15, -0.1) is 0 Å². The Labute approximate surface area is 183 Å². The molecule has 0 aromatic heterocycles. The van der Waals surface area contributed by atoms with Crippen LogP contribution >= 0.6 is 0 Å². The van der Waals surface area contributed by atoms with Gasteiger partial charge in [0.1, 0.15) is 12.3 Å². The van der Waals surface area contributed by atoms with Crippen molar-refractivity contribution in [3.8, 4) is 5.75 Å². The van der Waals surface area contributed by atoms with E-state index < -0.39 is 0 Å². The van der Waals surface area contributed by atoms with E-state index >= 15 is 0 Å². The zero-order valence-electron chi connectivity index (χ0n) is 18.0. The van der Waals surface area contributed by atoms with Crippen LogP contribution in [0.4, 0.5) is 5.69 Å². The molecule has 0 spiro atoms. The van der Waals surface area contributed by atoms with Crippen molar-refractivity contribution in [2.24, 2.45) is 0 Å². The zero-order chi connectivity index (χ0) is 22.1. The van der Waals surface area contributed by atoms with E-state index in [1.807, 2.05) is 55.5 Å². The molecule has 5 heteroatoms. The molecule has 0 saturated heterocycles. The molecule has 0 aliphatic rings. The molecular formula is C26H28N2O3. The van der Waals surface area contributed by atoms with Gasteiger partial charge in [0.2, 0.25) is 5.91 Å². The SMILES string of the molecule is CCN(CC(=O)Nc1cccc(OC)c1)C(=O)c1ccccc1CCc1ccccc1. The van der Waals surface area contributed by atoms with E-state index in [9.17, 15) is 9.59 Å². The van der Waals surface area contributed by atoms with Gasteiger partial charge in [-0.25, -0.2) is 0 Å². The fourth-order valence-electron chi connectivity index (χ4n) is 3.44. The van der Waals surface area contributed by atoms with Crippen LogP contribution in [-0.4, -0.2) is 36.9 Å². The van der Waals surface area contributed by atoms with E-state index in [2.05, 4.69) is 17.4 Å². The van der Waals surface area contributed by atoms with Crippen LogP contribution in [0, 0.1) is 0 Å². The summed E-state index contributed by atoms with van der Waals surface area (Å²) in [5, 5.41) is 2.84. The highest BCUT2D eigenvalue weighted by molar-refractivity contribution is 6.00. The van der Waals surface area contributed by atoms with Crippen LogP contribution in [-0.2, 0) is 17.6 Å². The van der Waals surface area contributed by atoms with Crippen LogP contribution < -0.4 is 10.1 Å². The molecular weight excluding hydrogens is 388 g/mol. The summed E-state index contributed by atoms with van der Waals surface area (Å²) in [6, 6.07) is 25.0. The molecule has 0 heterocycles. The number of hydrogen-bond acceptors (Lipinski definition) is 3. The van der Waals surface area contributed by atoms with Crippen LogP contribution in [0.2, 0.25) is 0 Å². The molecule has 0 aliphatic carbocycles. The van der Waals surface area contributed by atoms with Crippen molar-refractivity contribution in [2.75, 3.05) is 25.5 Å². The van der Waals surface area contributed by atoms with Crippen molar-refractivity contribution in [1.82, 2.24) is 4.90 Å². The summed E-state index contributed by atoms with van der Waals surface area (Å²) in [5.74, 6) is 0.283. The van der Waals surface area contributed by atoms with Crippen LogP contribution in [0.3, 0.4) is 0 Å². The Morgan fingerprint density at radius 2 is 1.65 bits per heavy atom. The fourth-order valence-corrected chi connectivity index (χ4v) is 3.44. The molecule has 0 bridgehead atoms. The molecule has 0 unspecified atom stereocenters. The number of hydrogen-bond donors (Lipinski definition) is 1. The fraction of sp³-hybridized carbons (Fsp3) is 0.231. The third kappa shape index (κ3) is 6.19. The molecule has 3 rings (SSSR count). The number of anilines is 1. The predicted molar refractivity (Wildman–Crippen MR) is 123 cm³/mol. The lowest BCUT2D eigenvalue weighted by Crippen LogP contribution is -2.38. The zero-order valence-corrected chi connectivity index (χ0v) is 18.0. The first-order valence-electron chi connectivity index (χ1n) is 10.5. The Morgan fingerprint density at radius 3 is 2.39 bits per heavy atom. The number of methoxy groups -OCH3 is 1. The van der Waals surface area contributed by atoms with Gasteiger partial charge in [-0.05, 0) is 49.1 Å². The van der Waals surface area contributed by atoms with Gasteiger partial charge in [0.25, 0.3) is 5.91 Å². The van der Waals surface area contributed by atoms with Crippen LogP contribution in [0.1, 0.15) is 28.4 Å². The van der Waals surface area contributed by atoms with Crippen molar-refractivity contribution in [2.45, 2.75) is 19.8 Å². The van der Waals surface area contributed by atoms with Crippen LogP contribution in [0.5, 0.6) is 5.75 Å². The molecule has 31 heavy (non-hydrogen) atoms. The minimum Gasteiger partial charge on any atom is -0.497 e. The van der Waals surface area contributed by atoms with Gasteiger partial charge < -0.3 is 15.0 Å². The highest BCUT2D eigenvalue weighted by Gasteiger charge is 2.20. The van der Waals surface area contributed by atoms with Crippen LogP contribution in [0.15, 0.2) is 78.9 Å². The predicted octanol–water partition coefficient (Wildman–Crippen LogP) is 4.58. The van der Waals surface area contributed by atoms with E-state index in [0.29, 0.717) is 23.5 Å². The molecule has 2 amide bonds. The maximum atomic E-state index is 13.2. The molecule has 5 nitrogen and oxygen atoms in total. The third-order valence-electron chi connectivity index (χ3n) is 5.13. The summed E-state index contributed by atoms with van der Waals surface area (Å²) in [5.41, 5.74) is 3.50. The number of benzene rings is 3. The number of rotatable bonds is 9. The summed E-state index contributed by atoms with van der Waals surface area (Å²) in [4.78, 5) is 27.4. The molecule has 0 radical (unpaired) electrons. The van der Waals surface area contributed by atoms with Crippen molar-refractivity contribution >= 4 is 17.5 Å². The Balaban J connectivity index is 1.67. The van der Waals surface area contributed by atoms with E-state index in [4.69, 9.17) is 4.74 Å².